The Morgan fingerprint density at radius 3 is 2.30 bits per heavy atom. The molecular weight excluding hydrogens is 580 g/mol. The van der Waals surface area contributed by atoms with Crippen molar-refractivity contribution in [2.45, 2.75) is 43.5 Å². The monoisotopic (exact) mass is 614 g/mol. The lowest BCUT2D eigenvalue weighted by Crippen LogP contribution is -2.41. The number of nitrogens with one attached hydrogen (secondary N) is 2. The number of unbranched alkanes of at least 4 members (excludes halogenated alkanes) is 1. The second-order valence-corrected chi connectivity index (χ2v) is 11.7. The number of hydrogen-bond donors (Lipinski definition) is 4. The largest absolute Gasteiger partial charge is 0.465 e. The van der Waals surface area contributed by atoms with Gasteiger partial charge in [0, 0.05) is 22.9 Å². The number of ether oxygens (including phenoxy) is 1. The van der Waals surface area contributed by atoms with Gasteiger partial charge in [-0.15, -0.1) is 0 Å². The summed E-state index contributed by atoms with van der Waals surface area (Å²) >= 11 is 0. The summed E-state index contributed by atoms with van der Waals surface area (Å²) in [4.78, 5) is 26.2. The fourth-order valence-electron chi connectivity index (χ4n) is 4.92. The predicted octanol–water partition coefficient (Wildman–Crippen LogP) is 6.40. The second kappa shape index (κ2) is 14.5. The van der Waals surface area contributed by atoms with Gasteiger partial charge < -0.3 is 9.84 Å². The molecule has 0 aromatic heterocycles. The number of nitrogens with zero attached hydrogens (tertiary/aromatic N) is 1. The van der Waals surface area contributed by atoms with E-state index in [-0.39, 0.29) is 10.7 Å². The van der Waals surface area contributed by atoms with Crippen LogP contribution in [0.2, 0.25) is 0 Å². The number of primary sulfonamides is 1. The number of hydrogen-bond acceptors (Lipinski definition) is 6. The number of para-hydroxylation sites is 1. The summed E-state index contributed by atoms with van der Waals surface area (Å²) < 4.78 is 29.4. The standard InChI is InChI=1S/C33H34N4O6S/c1-2-3-12-27(22-23-10-9-11-25(21-23)31(34)36-32(38)43-28-13-5-4-6-14-28)37(33(39)40)26-19-17-24(18-20-26)29-15-7-8-16-30(29)44(35,41)42/h4-11,13-21,27H,2-3,12,22H2,1H3,(H,39,40)(H2,34,36,38)(H2,35,41,42). The van der Waals surface area contributed by atoms with Crippen LogP contribution >= 0.6 is 0 Å². The Kier molecular flexibility index (Phi) is 10.5. The minimum Gasteiger partial charge on any atom is -0.465 e. The molecule has 0 spiro atoms. The van der Waals surface area contributed by atoms with Crippen molar-refractivity contribution in [3.05, 3.63) is 114 Å². The van der Waals surface area contributed by atoms with E-state index in [2.05, 4.69) is 5.32 Å². The SMILES string of the molecule is CCCCC(Cc1cccc(C(=N)NC(=O)Oc2ccccc2)c1)N(C(=O)O)c1ccc(-c2ccccc2S(N)(=O)=O)cc1. The molecule has 0 saturated carbocycles. The fraction of sp³-hybridized carbons (Fsp3) is 0.182. The van der Waals surface area contributed by atoms with Crippen LogP contribution in [0, 0.1) is 5.41 Å². The van der Waals surface area contributed by atoms with E-state index in [1.165, 1.54) is 11.0 Å². The number of carboxylic acid groups (broad SMARTS) is 1. The molecule has 0 saturated heterocycles. The van der Waals surface area contributed by atoms with Crippen molar-refractivity contribution >= 4 is 33.7 Å². The van der Waals surface area contributed by atoms with Crippen molar-refractivity contribution in [1.82, 2.24) is 5.32 Å². The topological polar surface area (TPSA) is 163 Å². The van der Waals surface area contributed by atoms with Crippen molar-refractivity contribution in [2.75, 3.05) is 4.90 Å². The molecule has 1 atom stereocenters. The van der Waals surface area contributed by atoms with Crippen LogP contribution in [-0.2, 0) is 16.4 Å². The summed E-state index contributed by atoms with van der Waals surface area (Å²) in [6, 6.07) is 28.1. The third-order valence-electron chi connectivity index (χ3n) is 6.98. The molecule has 4 aromatic carbocycles. The van der Waals surface area contributed by atoms with Crippen LogP contribution < -0.4 is 20.1 Å². The molecule has 10 nitrogen and oxygen atoms in total. The van der Waals surface area contributed by atoms with Crippen molar-refractivity contribution in [2.24, 2.45) is 5.14 Å². The van der Waals surface area contributed by atoms with E-state index in [0.717, 1.165) is 18.4 Å². The predicted molar refractivity (Wildman–Crippen MR) is 170 cm³/mol. The summed E-state index contributed by atoms with van der Waals surface area (Å²) in [6.07, 6.45) is 0.680. The summed E-state index contributed by atoms with van der Waals surface area (Å²) in [5, 5.41) is 26.5. The third kappa shape index (κ3) is 8.30. The zero-order chi connectivity index (χ0) is 31.7. The first-order chi connectivity index (χ1) is 21.1. The van der Waals surface area contributed by atoms with Crippen molar-refractivity contribution in [3.8, 4) is 16.9 Å². The van der Waals surface area contributed by atoms with Gasteiger partial charge in [-0.3, -0.25) is 15.6 Å². The minimum absolute atomic E-state index is 0.0167. The molecule has 0 bridgehead atoms. The maximum atomic E-state index is 12.6. The summed E-state index contributed by atoms with van der Waals surface area (Å²) in [7, 11) is -3.96. The Hall–Kier alpha value is -5.00. The number of nitrogens with two attached hydrogens (primary N) is 1. The normalized spacial score (nSPS) is 11.8. The highest BCUT2D eigenvalue weighted by molar-refractivity contribution is 7.89. The van der Waals surface area contributed by atoms with Gasteiger partial charge in [-0.2, -0.15) is 0 Å². The number of amides is 2. The maximum absolute atomic E-state index is 12.6. The van der Waals surface area contributed by atoms with Gasteiger partial charge in [0.1, 0.15) is 11.6 Å². The van der Waals surface area contributed by atoms with Gasteiger partial charge in [-0.25, -0.2) is 23.1 Å². The smallest absolute Gasteiger partial charge is 0.418 e. The zero-order valence-electron chi connectivity index (χ0n) is 24.1. The van der Waals surface area contributed by atoms with Crippen LogP contribution in [0.5, 0.6) is 5.75 Å². The van der Waals surface area contributed by atoms with Gasteiger partial charge in [0.25, 0.3) is 0 Å². The van der Waals surface area contributed by atoms with E-state index in [0.29, 0.717) is 41.0 Å². The number of sulfonamides is 1. The average molecular weight is 615 g/mol. The number of carbonyl (C=O) groups excluding carboxylic acids is 1. The highest BCUT2D eigenvalue weighted by Crippen LogP contribution is 2.30. The van der Waals surface area contributed by atoms with Crippen molar-refractivity contribution in [3.63, 3.8) is 0 Å². The van der Waals surface area contributed by atoms with Gasteiger partial charge in [-0.1, -0.05) is 86.5 Å². The fourth-order valence-corrected chi connectivity index (χ4v) is 5.68. The molecule has 0 aliphatic rings. The van der Waals surface area contributed by atoms with Crippen LogP contribution in [-0.4, -0.2) is 37.6 Å². The van der Waals surface area contributed by atoms with Crippen LogP contribution in [0.4, 0.5) is 15.3 Å². The summed E-state index contributed by atoms with van der Waals surface area (Å²) in [6.45, 7) is 2.03. The molecule has 44 heavy (non-hydrogen) atoms. The molecule has 1 unspecified atom stereocenters. The van der Waals surface area contributed by atoms with E-state index in [9.17, 15) is 23.1 Å². The van der Waals surface area contributed by atoms with Crippen LogP contribution in [0.1, 0.15) is 37.3 Å². The lowest BCUT2D eigenvalue weighted by atomic mass is 9.97. The molecule has 5 N–H and O–H groups in total. The maximum Gasteiger partial charge on any atom is 0.418 e. The van der Waals surface area contributed by atoms with E-state index in [1.54, 1.807) is 91.0 Å². The summed E-state index contributed by atoms with van der Waals surface area (Å²) in [5.74, 6) is 0.198. The van der Waals surface area contributed by atoms with Gasteiger partial charge in [-0.05, 0) is 60.4 Å². The third-order valence-corrected chi connectivity index (χ3v) is 7.95. The van der Waals surface area contributed by atoms with Gasteiger partial charge >= 0.3 is 12.2 Å². The molecular formula is C33H34N4O6S. The number of rotatable bonds is 11. The Balaban J connectivity index is 1.55. The Morgan fingerprint density at radius 2 is 1.64 bits per heavy atom. The van der Waals surface area contributed by atoms with Gasteiger partial charge in [0.05, 0.1) is 4.90 Å². The van der Waals surface area contributed by atoms with E-state index in [1.807, 2.05) is 13.0 Å². The molecule has 11 heteroatoms. The summed E-state index contributed by atoms with van der Waals surface area (Å²) in [5.41, 5.74) is 2.67. The Labute approximate surface area is 256 Å². The molecule has 0 fully saturated rings. The molecule has 0 radical (unpaired) electrons. The van der Waals surface area contributed by atoms with Gasteiger partial charge in [0.2, 0.25) is 10.0 Å². The molecule has 2 amide bonds. The lowest BCUT2D eigenvalue weighted by Gasteiger charge is -2.30. The highest BCUT2D eigenvalue weighted by atomic mass is 32.2. The van der Waals surface area contributed by atoms with E-state index < -0.39 is 28.3 Å². The van der Waals surface area contributed by atoms with E-state index in [4.69, 9.17) is 15.3 Å². The highest BCUT2D eigenvalue weighted by Gasteiger charge is 2.26. The van der Waals surface area contributed by atoms with E-state index >= 15 is 0 Å². The quantitative estimate of drug-likeness (QED) is 0.113. The van der Waals surface area contributed by atoms with Crippen LogP contribution in [0.15, 0.2) is 108 Å². The number of benzene rings is 4. The average Bonchev–Trinajstić information content (AvgIpc) is 3.00. The second-order valence-electron chi connectivity index (χ2n) is 10.1. The number of anilines is 1. The molecule has 228 valence electrons. The molecule has 4 aromatic rings. The first-order valence-electron chi connectivity index (χ1n) is 14.0. The van der Waals surface area contributed by atoms with Crippen LogP contribution in [0.3, 0.4) is 0 Å². The Morgan fingerprint density at radius 1 is 0.955 bits per heavy atom. The van der Waals surface area contributed by atoms with Crippen LogP contribution in [0.25, 0.3) is 11.1 Å². The minimum atomic E-state index is -3.96. The molecule has 0 aliphatic carbocycles. The van der Waals surface area contributed by atoms with Gasteiger partial charge in [0.15, 0.2) is 0 Å². The Bertz CT molecular complexity index is 1730. The lowest BCUT2D eigenvalue weighted by molar-refractivity contribution is 0.198. The van der Waals surface area contributed by atoms with Crippen molar-refractivity contribution in [1.29, 1.82) is 5.41 Å². The first kappa shape index (κ1) is 31.9. The molecule has 0 aliphatic heterocycles. The molecule has 4 rings (SSSR count). The van der Waals surface area contributed by atoms with Crippen molar-refractivity contribution < 1.29 is 27.9 Å². The number of amidine groups is 1. The molecule has 0 heterocycles. The zero-order valence-corrected chi connectivity index (χ0v) is 25.0. The number of carbonyl (C=O) groups is 2. The first-order valence-corrected chi connectivity index (χ1v) is 15.6.